The highest BCUT2D eigenvalue weighted by molar-refractivity contribution is 5.74. The smallest absolute Gasteiger partial charge is 0.283 e. The van der Waals surface area contributed by atoms with Gasteiger partial charge in [0, 0.05) is 6.42 Å². The molecule has 0 fully saturated rings. The number of benzene rings is 1. The Balaban J connectivity index is 1.98. The van der Waals surface area contributed by atoms with Crippen LogP contribution in [0, 0.1) is 12.0 Å². The molecule has 0 radical (unpaired) electrons. The number of hydrogen-bond acceptors (Lipinski definition) is 3. The van der Waals surface area contributed by atoms with Crippen molar-refractivity contribution in [3.63, 3.8) is 0 Å². The van der Waals surface area contributed by atoms with Crippen LogP contribution in [0.1, 0.15) is 43.4 Å². The van der Waals surface area contributed by atoms with Gasteiger partial charge in [0.1, 0.15) is 12.1 Å². The molecule has 1 spiro atoms. The maximum Gasteiger partial charge on any atom is 0.283 e. The zero-order valence-corrected chi connectivity index (χ0v) is 13.4. The number of fused-ring (bicyclic) bond motifs is 2. The van der Waals surface area contributed by atoms with Gasteiger partial charge in [-0.25, -0.2) is 11.6 Å². The molecule has 1 heterocycles. The Bertz CT molecular complexity index is 657. The first-order valence-electron chi connectivity index (χ1n) is 7.88. The maximum atomic E-state index is 6.89. The number of rotatable bonds is 3. The largest absolute Gasteiger partial charge is 0.462 e. The van der Waals surface area contributed by atoms with Crippen molar-refractivity contribution in [1.82, 2.24) is 0 Å². The van der Waals surface area contributed by atoms with Gasteiger partial charge in [-0.05, 0) is 41.4 Å². The number of nitrogens with two attached hydrogens (primary N) is 1. The molecular formula is C18H23N3O. The average Bonchev–Trinajstić information content (AvgIpc) is 2.80. The van der Waals surface area contributed by atoms with Crippen LogP contribution in [0.3, 0.4) is 0 Å². The van der Waals surface area contributed by atoms with E-state index in [4.69, 9.17) is 17.0 Å². The quantitative estimate of drug-likeness (QED) is 0.688. The number of hydrogen-bond donors (Lipinski definition) is 1. The molecule has 4 nitrogen and oxygen atoms in total. The monoisotopic (exact) mass is 297 g/mol. The van der Waals surface area contributed by atoms with E-state index in [2.05, 4.69) is 41.9 Å². The molecule has 0 aromatic heterocycles. The summed E-state index contributed by atoms with van der Waals surface area (Å²) in [6.45, 7) is 12.6. The third-order valence-electron chi connectivity index (χ3n) is 4.63. The van der Waals surface area contributed by atoms with Gasteiger partial charge < -0.3 is 15.3 Å². The normalized spacial score (nSPS) is 25.2. The van der Waals surface area contributed by atoms with Crippen molar-refractivity contribution in [2.45, 2.75) is 45.1 Å². The van der Waals surface area contributed by atoms with E-state index >= 15 is 0 Å². The van der Waals surface area contributed by atoms with E-state index in [0.717, 1.165) is 25.7 Å². The summed E-state index contributed by atoms with van der Waals surface area (Å²) in [6.07, 6.45) is 3.86. The van der Waals surface area contributed by atoms with Crippen LogP contribution >= 0.6 is 0 Å². The highest BCUT2D eigenvalue weighted by Crippen LogP contribution is 2.48. The fourth-order valence-corrected chi connectivity index (χ4v) is 3.89. The van der Waals surface area contributed by atoms with Crippen LogP contribution in [0.5, 0.6) is 0 Å². The van der Waals surface area contributed by atoms with Crippen molar-refractivity contribution < 1.29 is 4.74 Å². The number of amidine groups is 1. The lowest BCUT2D eigenvalue weighted by Gasteiger charge is -2.41. The van der Waals surface area contributed by atoms with E-state index in [1.165, 1.54) is 16.7 Å². The highest BCUT2D eigenvalue weighted by atomic mass is 16.5. The third kappa shape index (κ3) is 2.68. The third-order valence-corrected chi connectivity index (χ3v) is 4.63. The Labute approximate surface area is 132 Å². The molecule has 0 saturated carbocycles. The first-order chi connectivity index (χ1) is 10.4. The van der Waals surface area contributed by atoms with Gasteiger partial charge in [-0.2, -0.15) is 0 Å². The second-order valence-corrected chi connectivity index (χ2v) is 7.26. The molecule has 1 aliphatic heterocycles. The van der Waals surface area contributed by atoms with E-state index in [-0.39, 0.29) is 11.0 Å². The van der Waals surface area contributed by atoms with Crippen LogP contribution in [0.15, 0.2) is 23.2 Å². The standard InChI is InChI=1S/C18H23N3O/c1-17(2)10-14-7-6-13(5-4-8-20-3)9-15(14)18(11-17)12-22-16(19)21-18/h6-7,9H,4-5,8,10-12H2,1-2H3,(H2,19,21). The molecule has 4 heteroatoms. The summed E-state index contributed by atoms with van der Waals surface area (Å²) in [4.78, 5) is 8.11. The maximum absolute atomic E-state index is 6.89. The van der Waals surface area contributed by atoms with Crippen LogP contribution in [0.4, 0.5) is 0 Å². The first kappa shape index (κ1) is 14.9. The van der Waals surface area contributed by atoms with E-state index in [1.54, 1.807) is 0 Å². The fraction of sp³-hybridized carbons (Fsp3) is 0.556. The molecule has 1 aliphatic carbocycles. The zero-order valence-electron chi connectivity index (χ0n) is 13.4. The molecule has 2 aliphatic rings. The van der Waals surface area contributed by atoms with E-state index < -0.39 is 0 Å². The fourth-order valence-electron chi connectivity index (χ4n) is 3.89. The Morgan fingerprint density at radius 2 is 2.23 bits per heavy atom. The average molecular weight is 297 g/mol. The van der Waals surface area contributed by atoms with Gasteiger partial charge in [0.05, 0.1) is 0 Å². The lowest BCUT2D eigenvalue weighted by atomic mass is 9.65. The molecule has 2 N–H and O–H groups in total. The summed E-state index contributed by atoms with van der Waals surface area (Å²) in [6, 6.07) is 7.00. The van der Waals surface area contributed by atoms with Gasteiger partial charge in [-0.1, -0.05) is 32.0 Å². The number of aryl methyl sites for hydroxylation is 1. The van der Waals surface area contributed by atoms with E-state index in [1.807, 2.05) is 0 Å². The second kappa shape index (κ2) is 5.31. The minimum atomic E-state index is -0.322. The van der Waals surface area contributed by atoms with Crippen molar-refractivity contribution >= 4 is 6.02 Å². The number of aliphatic imine (C=N–C) groups is 1. The van der Waals surface area contributed by atoms with Crippen molar-refractivity contribution in [2.75, 3.05) is 13.2 Å². The molecule has 3 rings (SSSR count). The molecule has 0 saturated heterocycles. The first-order valence-corrected chi connectivity index (χ1v) is 7.88. The van der Waals surface area contributed by atoms with Crippen molar-refractivity contribution in [2.24, 2.45) is 16.1 Å². The Hall–Kier alpha value is -2.02. The SMILES string of the molecule is [C-]#[N+]CCCc1ccc2c(c1)C1(COC(N)=N1)CC(C)(C)C2. The van der Waals surface area contributed by atoms with Crippen molar-refractivity contribution in [3.8, 4) is 0 Å². The Morgan fingerprint density at radius 1 is 1.41 bits per heavy atom. The lowest BCUT2D eigenvalue weighted by molar-refractivity contribution is 0.163. The van der Waals surface area contributed by atoms with E-state index in [9.17, 15) is 0 Å². The zero-order chi connectivity index (χ0) is 15.8. The van der Waals surface area contributed by atoms with Crippen LogP contribution < -0.4 is 5.73 Å². The van der Waals surface area contributed by atoms with Gasteiger partial charge in [0.25, 0.3) is 6.02 Å². The summed E-state index contributed by atoms with van der Waals surface area (Å²) < 4.78 is 5.52. The van der Waals surface area contributed by atoms with Crippen LogP contribution in [0.25, 0.3) is 4.85 Å². The highest BCUT2D eigenvalue weighted by Gasteiger charge is 2.47. The van der Waals surface area contributed by atoms with Crippen molar-refractivity contribution in [3.05, 3.63) is 46.3 Å². The van der Waals surface area contributed by atoms with Gasteiger partial charge in [-0.15, -0.1) is 0 Å². The number of ether oxygens (including phenoxy) is 1. The number of nitrogens with zero attached hydrogens (tertiary/aromatic N) is 2. The molecular weight excluding hydrogens is 274 g/mol. The summed E-state index contributed by atoms with van der Waals surface area (Å²) in [5, 5.41) is 0. The predicted molar refractivity (Wildman–Crippen MR) is 87.6 cm³/mol. The second-order valence-electron chi connectivity index (χ2n) is 7.26. The lowest BCUT2D eigenvalue weighted by Crippen LogP contribution is -2.39. The summed E-state index contributed by atoms with van der Waals surface area (Å²) in [7, 11) is 0. The van der Waals surface area contributed by atoms with Crippen LogP contribution in [0.2, 0.25) is 0 Å². The molecule has 1 aromatic rings. The van der Waals surface area contributed by atoms with Gasteiger partial charge >= 0.3 is 0 Å². The summed E-state index contributed by atoms with van der Waals surface area (Å²) in [5.41, 5.74) is 9.59. The molecule has 22 heavy (non-hydrogen) atoms. The predicted octanol–water partition coefficient (Wildman–Crippen LogP) is 3.05. The molecule has 116 valence electrons. The minimum absolute atomic E-state index is 0.191. The van der Waals surface area contributed by atoms with E-state index in [0.29, 0.717) is 19.2 Å². The molecule has 0 bridgehead atoms. The minimum Gasteiger partial charge on any atom is -0.462 e. The Kier molecular flexibility index (Phi) is 3.60. The Morgan fingerprint density at radius 3 is 2.91 bits per heavy atom. The van der Waals surface area contributed by atoms with Crippen molar-refractivity contribution in [1.29, 1.82) is 0 Å². The molecule has 1 aromatic carbocycles. The van der Waals surface area contributed by atoms with Crippen LogP contribution in [-0.4, -0.2) is 19.2 Å². The molecule has 0 amide bonds. The topological polar surface area (TPSA) is 52.0 Å². The molecule has 1 unspecified atom stereocenters. The summed E-state index contributed by atoms with van der Waals surface area (Å²) in [5.74, 6) is 0. The molecule has 1 atom stereocenters. The van der Waals surface area contributed by atoms with Gasteiger partial charge in [0.15, 0.2) is 0 Å². The summed E-state index contributed by atoms with van der Waals surface area (Å²) >= 11 is 0. The van der Waals surface area contributed by atoms with Crippen LogP contribution in [-0.2, 0) is 23.1 Å². The van der Waals surface area contributed by atoms with Gasteiger partial charge in [0.2, 0.25) is 6.54 Å². The van der Waals surface area contributed by atoms with Gasteiger partial charge in [-0.3, -0.25) is 0 Å².